The summed E-state index contributed by atoms with van der Waals surface area (Å²) in [6.45, 7) is 32.7. The van der Waals surface area contributed by atoms with Gasteiger partial charge in [-0.2, -0.15) is 132 Å². The molecule has 0 aromatic rings. The van der Waals surface area contributed by atoms with Crippen LogP contribution >= 0.6 is 0 Å². The van der Waals surface area contributed by atoms with Crippen LogP contribution in [-0.4, -0.2) is 176 Å². The maximum absolute atomic E-state index is 12.9. The Bertz CT molecular complexity index is 2920. The second-order valence-electron chi connectivity index (χ2n) is 27.1. The lowest BCUT2D eigenvalue weighted by Crippen LogP contribution is -2.59. The number of hydrogen-bond donors (Lipinski definition) is 5. The molecule has 0 aromatic heterocycles. The third kappa shape index (κ3) is 32.4. The van der Waals surface area contributed by atoms with E-state index in [-0.39, 0.29) is 46.6 Å². The van der Waals surface area contributed by atoms with E-state index in [0.29, 0.717) is 25.7 Å². The van der Waals surface area contributed by atoms with E-state index < -0.39 is 199 Å². The zero-order chi connectivity index (χ0) is 88.4. The molecule has 5 N–H and O–H groups in total. The largest absolute Gasteiger partial charge is 0.459 e. The lowest BCUT2D eigenvalue weighted by atomic mass is 9.80. The third-order valence-corrected chi connectivity index (χ3v) is 15.3. The monoisotopic (exact) mass is 1660 g/mol. The number of carbonyl (C=O) groups is 5. The molecule has 0 spiro atoms. The van der Waals surface area contributed by atoms with Crippen LogP contribution in [0.3, 0.4) is 0 Å². The molecule has 0 aliphatic heterocycles. The number of carbonyl (C=O) groups excluding carboxylic acids is 5. The Morgan fingerprint density at radius 1 is 0.349 bits per heavy atom. The highest BCUT2D eigenvalue weighted by Crippen LogP contribution is 2.53. The molecule has 1 fully saturated rings. The Morgan fingerprint density at radius 3 is 0.844 bits per heavy atom. The number of halogens is 30. The fourth-order valence-corrected chi connectivity index (χ4v) is 8.40. The number of ether oxygens (including phenoxy) is 5. The van der Waals surface area contributed by atoms with Crippen molar-refractivity contribution in [3.05, 3.63) is 60.8 Å². The first-order valence-electron chi connectivity index (χ1n) is 31.3. The van der Waals surface area contributed by atoms with Crippen LogP contribution < -0.4 is 0 Å². The summed E-state index contributed by atoms with van der Waals surface area (Å²) in [4.78, 5) is 56.8. The first-order valence-corrected chi connectivity index (χ1v) is 31.3. The average molecular weight is 1670 g/mol. The molecule has 0 bridgehead atoms. The lowest BCUT2D eigenvalue weighted by molar-refractivity contribution is -0.375. The SMILES string of the molecule is C=C(C)C(=O)OC(CC(C)C)CC(O)(C(F)(F)F)C(F)(F)F.C=C(C)C(=O)OC(CC(O)(C(F)(F)F)C(F)(F)F)C(C)(C)C.C=C(C)C(=O)OC(CC(O)(C(F)(F)F)C(F)(F)F)C(C)C.C=C(C)C(=O)OC(CC(O)(C(F)(F)F)C(F)(F)F)C1CCCCC1.C=C(C)C(=O)OC(CC)CC(O)(C(F)(F)F)C(F)(F)F. The molecule has 1 saturated carbocycles. The van der Waals surface area contributed by atoms with Crippen molar-refractivity contribution >= 4 is 29.8 Å². The summed E-state index contributed by atoms with van der Waals surface area (Å²) in [6.07, 6.45) is -75.3. The molecule has 1 aliphatic rings. The fourth-order valence-electron chi connectivity index (χ4n) is 8.40. The van der Waals surface area contributed by atoms with Gasteiger partial charge in [-0.1, -0.05) is 108 Å². The summed E-state index contributed by atoms with van der Waals surface area (Å²) >= 11 is 0. The smallest absolute Gasteiger partial charge is 0.426 e. The van der Waals surface area contributed by atoms with E-state index in [2.05, 4.69) is 51.8 Å². The molecule has 5 atom stereocenters. The molecular weight excluding hydrogens is 1580 g/mol. The Hall–Kier alpha value is -6.25. The quantitative estimate of drug-likeness (QED) is 0.0248. The van der Waals surface area contributed by atoms with E-state index in [0.717, 1.165) is 6.42 Å². The Labute approximate surface area is 605 Å². The highest BCUT2D eigenvalue weighted by atomic mass is 19.5. The van der Waals surface area contributed by atoms with Crippen LogP contribution in [0.4, 0.5) is 132 Å². The maximum atomic E-state index is 12.9. The highest BCUT2D eigenvalue weighted by Gasteiger charge is 2.75. The van der Waals surface area contributed by atoms with Crippen LogP contribution in [0.25, 0.3) is 0 Å². The van der Waals surface area contributed by atoms with Gasteiger partial charge in [0.15, 0.2) is 0 Å². The van der Waals surface area contributed by atoms with Crippen LogP contribution in [0.2, 0.25) is 0 Å². The van der Waals surface area contributed by atoms with Gasteiger partial charge in [-0.25, -0.2) is 24.0 Å². The van der Waals surface area contributed by atoms with E-state index in [1.54, 1.807) is 0 Å². The summed E-state index contributed by atoms with van der Waals surface area (Å²) in [7, 11) is 0. The minimum atomic E-state index is -5.97. The maximum Gasteiger partial charge on any atom is 0.426 e. The molecule has 0 saturated heterocycles. The van der Waals surface area contributed by atoms with Crippen molar-refractivity contribution in [1.29, 1.82) is 0 Å². The standard InChI is InChI=1S/C15H20F6O3.2C13H18F6O3.C12H16F6O3.C11H14F6O3/c1-9(2)12(22)24-11(10-6-4-3-5-7-10)8-13(23,14(16,17)18)15(19,20)21;1-7(2)9(20)22-8(10(3,4)5)6-11(21,12(14,15)16)13(17,18)19;1-7(2)5-9(22-10(20)8(3)4)6-11(21,12(14,15)16)13(17,18)19;1-6(2)8(21-9(19)7(3)4)5-10(20,11(13,14)15)12(16,17)18;1-4-7(20-8(18)6(2)3)5-9(19,10(12,13)14)11(15,16)17/h10-11,23H,1,3-8H2,2H3;8,21H,1,6H2,2-5H3;7,9,21H,3,5-6H2,1-2,4H3;6,8,20H,3,5H2,1-2,4H3;7,19H,2,4-5H2,1,3H3. The summed E-state index contributed by atoms with van der Waals surface area (Å²) in [6, 6.07) is 0. The molecule has 642 valence electrons. The van der Waals surface area contributed by atoms with Crippen molar-refractivity contribution in [1.82, 2.24) is 0 Å². The van der Waals surface area contributed by atoms with Gasteiger partial charge in [0.2, 0.25) is 0 Å². The van der Waals surface area contributed by atoms with Crippen molar-refractivity contribution in [3.63, 3.8) is 0 Å². The molecule has 1 aliphatic carbocycles. The molecule has 109 heavy (non-hydrogen) atoms. The predicted molar refractivity (Wildman–Crippen MR) is 322 cm³/mol. The minimum absolute atomic E-state index is 0.140. The molecule has 0 amide bonds. The molecular formula is C64H86F30O15. The second kappa shape index (κ2) is 40.0. The lowest BCUT2D eigenvalue weighted by Gasteiger charge is -2.39. The van der Waals surface area contributed by atoms with Crippen molar-refractivity contribution in [2.45, 2.75) is 287 Å². The number of aliphatic hydroxyl groups is 5. The van der Waals surface area contributed by atoms with E-state index in [1.165, 1.54) is 90.0 Å². The molecule has 5 unspecified atom stereocenters. The van der Waals surface area contributed by atoms with Crippen molar-refractivity contribution < 1.29 is 205 Å². The van der Waals surface area contributed by atoms with Gasteiger partial charge >= 0.3 is 91.6 Å². The molecule has 1 rings (SSSR count). The van der Waals surface area contributed by atoms with E-state index in [4.69, 9.17) is 20.1 Å². The Morgan fingerprint density at radius 2 is 0.587 bits per heavy atom. The number of esters is 5. The summed E-state index contributed by atoms with van der Waals surface area (Å²) in [5.74, 6) is -7.46. The van der Waals surface area contributed by atoms with Gasteiger partial charge in [-0.3, -0.25) is 0 Å². The first kappa shape index (κ1) is 109. The second-order valence-corrected chi connectivity index (χ2v) is 27.1. The van der Waals surface area contributed by atoms with Gasteiger partial charge in [-0.15, -0.1) is 0 Å². The third-order valence-electron chi connectivity index (χ3n) is 15.3. The number of hydrogen-bond acceptors (Lipinski definition) is 15. The fraction of sp³-hybridized carbons (Fsp3) is 0.766. The van der Waals surface area contributed by atoms with E-state index >= 15 is 0 Å². The van der Waals surface area contributed by atoms with Gasteiger partial charge in [0.25, 0.3) is 28.0 Å². The van der Waals surface area contributed by atoms with Crippen molar-refractivity contribution in [2.24, 2.45) is 23.2 Å². The highest BCUT2D eigenvalue weighted by molar-refractivity contribution is 5.88. The topological polar surface area (TPSA) is 233 Å². The van der Waals surface area contributed by atoms with Crippen molar-refractivity contribution in [2.75, 3.05) is 0 Å². The van der Waals surface area contributed by atoms with Gasteiger partial charge in [-0.05, 0) is 83.5 Å². The van der Waals surface area contributed by atoms with Gasteiger partial charge < -0.3 is 49.2 Å². The molecule has 0 aromatic carbocycles. The van der Waals surface area contributed by atoms with Crippen molar-refractivity contribution in [3.8, 4) is 0 Å². The minimum Gasteiger partial charge on any atom is -0.459 e. The zero-order valence-electron chi connectivity index (χ0n) is 60.3. The van der Waals surface area contributed by atoms with Gasteiger partial charge in [0.1, 0.15) is 30.5 Å². The van der Waals surface area contributed by atoms with E-state index in [9.17, 15) is 166 Å². The average Bonchev–Trinajstić information content (AvgIpc) is 0.780. The Kier molecular flexibility index (Phi) is 40.0. The van der Waals surface area contributed by atoms with Crippen LogP contribution in [-0.2, 0) is 47.7 Å². The zero-order valence-corrected chi connectivity index (χ0v) is 60.3. The molecule has 0 heterocycles. The van der Waals surface area contributed by atoms with Gasteiger partial charge in [0.05, 0.1) is 0 Å². The van der Waals surface area contributed by atoms with Gasteiger partial charge in [0, 0.05) is 60.0 Å². The first-order chi connectivity index (χ1) is 47.7. The van der Waals surface area contributed by atoms with Crippen LogP contribution in [0.15, 0.2) is 60.8 Å². The van der Waals surface area contributed by atoms with Crippen LogP contribution in [0, 0.1) is 23.2 Å². The number of rotatable bonds is 25. The molecule has 45 heteroatoms. The predicted octanol–water partition coefficient (Wildman–Crippen LogP) is 18.3. The van der Waals surface area contributed by atoms with E-state index in [1.807, 2.05) is 0 Å². The normalized spacial score (nSPS) is 15.9. The Balaban J connectivity index is -0.000000633. The molecule has 0 radical (unpaired) electrons. The summed E-state index contributed by atoms with van der Waals surface area (Å²) in [5, 5.41) is 45.8. The molecule has 15 nitrogen and oxygen atoms in total. The summed E-state index contributed by atoms with van der Waals surface area (Å²) < 4.78 is 403. The number of alkyl halides is 30. The summed E-state index contributed by atoms with van der Waals surface area (Å²) in [5.41, 5.74) is -26.9. The van der Waals surface area contributed by atoms with Crippen LogP contribution in [0.1, 0.15) is 167 Å². The van der Waals surface area contributed by atoms with Crippen LogP contribution in [0.5, 0.6) is 0 Å².